The molecule has 0 aromatic heterocycles. The molecule has 282 valence electrons. The molecular weight excluding hydrogens is 709 g/mol. The van der Waals surface area contributed by atoms with Crippen molar-refractivity contribution in [3.63, 3.8) is 0 Å². The van der Waals surface area contributed by atoms with Gasteiger partial charge >= 0.3 is 0 Å². The molecule has 0 saturated carbocycles. The van der Waals surface area contributed by atoms with Crippen LogP contribution in [0.5, 0.6) is 0 Å². The van der Waals surface area contributed by atoms with Crippen LogP contribution in [0.15, 0.2) is 200 Å². The summed E-state index contributed by atoms with van der Waals surface area (Å²) in [6, 6.07) is 13.8. The summed E-state index contributed by atoms with van der Waals surface area (Å²) in [6.07, 6.45) is 0. The second kappa shape index (κ2) is 13.4. The minimum Gasteiger partial charge on any atom is -0.0622 e. The fourth-order valence-electron chi connectivity index (χ4n) is 9.00. The molecule has 59 heavy (non-hydrogen) atoms. The molecule has 0 saturated heterocycles. The molecule has 0 heteroatoms. The Labute approximate surface area is 380 Å². The van der Waals surface area contributed by atoms with Gasteiger partial charge in [-0.2, -0.15) is 0 Å². The summed E-state index contributed by atoms with van der Waals surface area (Å²) in [4.78, 5) is 0. The Kier molecular flexibility index (Phi) is 4.29. The normalized spacial score (nSPS) is 20.6. The first-order valence-corrected chi connectivity index (χ1v) is 19.2. The molecule has 0 spiro atoms. The molecule has 0 amide bonds. The lowest BCUT2D eigenvalue weighted by Gasteiger charge is -2.26. The van der Waals surface area contributed by atoms with Gasteiger partial charge in [-0.3, -0.25) is 0 Å². The highest BCUT2D eigenvalue weighted by molar-refractivity contribution is 6.08. The number of benzene rings is 9. The summed E-state index contributed by atoms with van der Waals surface area (Å²) in [7, 11) is 0. The first kappa shape index (κ1) is 18.9. The predicted octanol–water partition coefficient (Wildman–Crippen LogP) is 15.6. The van der Waals surface area contributed by atoms with Crippen LogP contribution in [-0.4, -0.2) is 0 Å². The van der Waals surface area contributed by atoms with Gasteiger partial charge in [0.1, 0.15) is 0 Å². The van der Waals surface area contributed by atoms with Crippen LogP contribution in [0.1, 0.15) is 104 Å². The van der Waals surface area contributed by atoms with Crippen LogP contribution in [0, 0.1) is 0 Å². The van der Waals surface area contributed by atoms with E-state index < -0.39 is 188 Å². The Bertz CT molecular complexity index is 4260. The second-order valence-corrected chi connectivity index (χ2v) is 15.4. The van der Waals surface area contributed by atoms with E-state index in [1.54, 1.807) is 6.07 Å². The zero-order valence-electron chi connectivity index (χ0n) is 54.8. The zero-order chi connectivity index (χ0) is 59.7. The van der Waals surface area contributed by atoms with Gasteiger partial charge in [0, 0.05) is 25.0 Å². The minimum absolute atomic E-state index is 0.156. The summed E-state index contributed by atoms with van der Waals surface area (Å²) in [6.45, 7) is -3.55. The molecule has 0 heterocycles. The summed E-state index contributed by atoms with van der Waals surface area (Å²) in [5, 5.41) is -1.45. The van der Waals surface area contributed by atoms with E-state index in [0.29, 0.717) is 16.7 Å². The van der Waals surface area contributed by atoms with Crippen molar-refractivity contribution in [3.05, 3.63) is 239 Å². The maximum absolute atomic E-state index is 10.2. The minimum atomic E-state index is -3.85. The van der Waals surface area contributed by atoms with Crippen molar-refractivity contribution in [3.8, 4) is 55.6 Å². The standard InChI is InChI=1S/C59H46/c1-58(2)52-27-15-13-24-49(52)57-50(25-16-28-53(57)58)56-44-21-9-8-19-39(44)33-35-45(56)40-29-31-41(32-30-40)55(48-23-11-10-20-43(48)38-17-6-5-7-18-38)42-34-36-47-46-22-12-14-26-51(46)59(3,4)54(47)37-42/h5-37,55H,1-4H3/i1D3,2D3,8D,9D,13D,15D,16D,19D,21D,24D,25D,27D,28D,29D,30D,31D,32D,33D,35D. The number of rotatable bonds is 6. The van der Waals surface area contributed by atoms with E-state index in [-0.39, 0.29) is 5.56 Å². The maximum Gasteiger partial charge on any atom is 0.0630 e. The lowest BCUT2D eigenvalue weighted by molar-refractivity contribution is 0.659. The third kappa shape index (κ3) is 5.43. The fraction of sp³-hybridized carbons (Fsp3) is 0.119. The van der Waals surface area contributed by atoms with E-state index in [1.165, 1.54) is 0 Å². The molecule has 9 aromatic carbocycles. The number of hydrogen-bond acceptors (Lipinski definition) is 0. The Morgan fingerprint density at radius 2 is 1.12 bits per heavy atom. The fourth-order valence-corrected chi connectivity index (χ4v) is 9.00. The average Bonchev–Trinajstić information content (AvgIpc) is 2.89. The van der Waals surface area contributed by atoms with E-state index >= 15 is 0 Å². The molecule has 11 rings (SSSR count). The Morgan fingerprint density at radius 3 is 1.97 bits per heavy atom. The van der Waals surface area contributed by atoms with Crippen molar-refractivity contribution >= 4 is 10.8 Å². The summed E-state index contributed by atoms with van der Waals surface area (Å²) < 4.78 is 215. The number of hydrogen-bond donors (Lipinski definition) is 0. The van der Waals surface area contributed by atoms with Gasteiger partial charge < -0.3 is 0 Å². The molecule has 0 N–H and O–H groups in total. The SMILES string of the molecule is [2H]c1c([2H])c([2H])c2c(c1[2H])-c1c(-c3c(-c4c([2H])c([2H])c(C(c5ccc6c(c5)C(C)(C)c5ccccc5-6)c5ccccc5-c5ccccc5)c([2H])c4[2H])c([2H])c([2H])c4c([2H])c([2H])c([2H])c([2H])c34)c([2H])c([2H])c([2H])c1C2(C([2H])([2H])[2H])C([2H])([2H])[2H]. The number of fused-ring (bicyclic) bond motifs is 7. The predicted molar refractivity (Wildman–Crippen MR) is 249 cm³/mol. The lowest BCUT2D eigenvalue weighted by Crippen LogP contribution is -2.16. The molecule has 1 unspecified atom stereocenters. The van der Waals surface area contributed by atoms with E-state index in [4.69, 9.17) is 15.1 Å². The quantitative estimate of drug-likeness (QED) is 0.148. The topological polar surface area (TPSA) is 0 Å². The van der Waals surface area contributed by atoms with Crippen LogP contribution in [0.4, 0.5) is 0 Å². The molecule has 9 aromatic rings. The smallest absolute Gasteiger partial charge is 0.0622 e. The van der Waals surface area contributed by atoms with E-state index in [0.717, 1.165) is 27.8 Å². The van der Waals surface area contributed by atoms with Crippen LogP contribution >= 0.6 is 0 Å². The van der Waals surface area contributed by atoms with Gasteiger partial charge in [0.2, 0.25) is 0 Å². The van der Waals surface area contributed by atoms with Gasteiger partial charge in [0.05, 0.1) is 23.3 Å². The monoisotopic (exact) mass is 778 g/mol. The third-order valence-corrected chi connectivity index (χ3v) is 11.8. The molecular formula is C59H46. The summed E-state index contributed by atoms with van der Waals surface area (Å²) >= 11 is 0. The van der Waals surface area contributed by atoms with E-state index in [9.17, 15) is 16.4 Å². The zero-order valence-corrected chi connectivity index (χ0v) is 31.8. The van der Waals surface area contributed by atoms with Crippen molar-refractivity contribution < 1.29 is 31.5 Å². The van der Waals surface area contributed by atoms with Gasteiger partial charge in [0.15, 0.2) is 0 Å². The maximum atomic E-state index is 10.2. The highest BCUT2D eigenvalue weighted by Gasteiger charge is 2.38. The van der Waals surface area contributed by atoms with Crippen molar-refractivity contribution in [2.45, 2.75) is 44.3 Å². The summed E-state index contributed by atoms with van der Waals surface area (Å²) in [5.74, 6) is -1.09. The van der Waals surface area contributed by atoms with E-state index in [2.05, 4.69) is 13.8 Å². The average molecular weight is 778 g/mol. The van der Waals surface area contributed by atoms with Crippen LogP contribution in [0.3, 0.4) is 0 Å². The first-order valence-electron chi connectivity index (χ1n) is 30.7. The molecule has 0 nitrogen and oxygen atoms in total. The van der Waals surface area contributed by atoms with Gasteiger partial charge in [-0.15, -0.1) is 0 Å². The molecule has 2 aliphatic carbocycles. The van der Waals surface area contributed by atoms with E-state index in [1.807, 2.05) is 91.0 Å². The Balaban J connectivity index is 1.33. The highest BCUT2D eigenvalue weighted by atomic mass is 14.4. The van der Waals surface area contributed by atoms with Crippen molar-refractivity contribution in [2.75, 3.05) is 0 Å². The van der Waals surface area contributed by atoms with Crippen LogP contribution < -0.4 is 0 Å². The van der Waals surface area contributed by atoms with Crippen LogP contribution in [0.25, 0.3) is 66.4 Å². The van der Waals surface area contributed by atoms with Crippen molar-refractivity contribution in [2.24, 2.45) is 0 Å². The van der Waals surface area contributed by atoms with Crippen LogP contribution in [-0.2, 0) is 10.8 Å². The lowest BCUT2D eigenvalue weighted by atomic mass is 9.77. The summed E-state index contributed by atoms with van der Waals surface area (Å²) in [5.41, 5.74) is -4.92. The molecule has 0 bridgehead atoms. The van der Waals surface area contributed by atoms with Gasteiger partial charge in [0.25, 0.3) is 0 Å². The Morgan fingerprint density at radius 1 is 0.424 bits per heavy atom. The first-order chi connectivity index (χ1) is 38.4. The third-order valence-electron chi connectivity index (χ3n) is 11.8. The largest absolute Gasteiger partial charge is 0.0630 e. The van der Waals surface area contributed by atoms with Gasteiger partial charge in [-0.25, -0.2) is 0 Å². The molecule has 0 aliphatic heterocycles. The Hall–Kier alpha value is -6.76. The highest BCUT2D eigenvalue weighted by Crippen LogP contribution is 2.54. The molecule has 0 fully saturated rings. The molecule has 2 aliphatic rings. The molecule has 0 radical (unpaired) electrons. The van der Waals surface area contributed by atoms with Gasteiger partial charge in [-0.1, -0.05) is 227 Å². The van der Waals surface area contributed by atoms with Gasteiger partial charge in [-0.05, 0) is 105 Å². The van der Waals surface area contributed by atoms with Crippen molar-refractivity contribution in [1.82, 2.24) is 0 Å². The molecule has 1 atom stereocenters. The van der Waals surface area contributed by atoms with Crippen LogP contribution in [0.2, 0.25) is 0 Å². The second-order valence-electron chi connectivity index (χ2n) is 15.4. The van der Waals surface area contributed by atoms with Crippen molar-refractivity contribution in [1.29, 1.82) is 0 Å².